The van der Waals surface area contributed by atoms with E-state index in [0.29, 0.717) is 0 Å². The van der Waals surface area contributed by atoms with Crippen molar-refractivity contribution in [1.29, 1.82) is 0 Å². The molecule has 9 heteroatoms. The van der Waals surface area contributed by atoms with Crippen LogP contribution >= 0.6 is 0 Å². The number of ether oxygens (including phenoxy) is 1. The molecule has 0 radical (unpaired) electrons. The molecule has 1 aliphatic rings. The summed E-state index contributed by atoms with van der Waals surface area (Å²) in [6, 6.07) is 0. The topological polar surface area (TPSA) is 38.3 Å². The number of alkyl halides is 6. The summed E-state index contributed by atoms with van der Waals surface area (Å²) in [6.45, 7) is 2.52. The number of halogens is 6. The fraction of sp³-hybridized carbons (Fsp3) is 0.909. The molecule has 1 saturated heterocycles. The first-order valence-electron chi connectivity index (χ1n) is 5.81. The first-order chi connectivity index (χ1) is 8.73. The number of carbonyl (C=O) groups excluding carboxylic acids is 1. The van der Waals surface area contributed by atoms with Crippen LogP contribution in [-0.2, 0) is 9.53 Å². The molecule has 3 nitrogen and oxygen atoms in total. The summed E-state index contributed by atoms with van der Waals surface area (Å²) in [5, 5.41) is 2.33. The zero-order chi connectivity index (χ0) is 16.0. The van der Waals surface area contributed by atoms with Crippen molar-refractivity contribution in [2.24, 2.45) is 11.3 Å². The van der Waals surface area contributed by atoms with Gasteiger partial charge in [-0.05, 0) is 20.8 Å². The SMILES string of the molecule is CC(C)(C)C(=O)OC(C1CNC1)(C(F)(F)F)C(F)(F)F. The van der Waals surface area contributed by atoms with Crippen LogP contribution in [0.3, 0.4) is 0 Å². The van der Waals surface area contributed by atoms with Gasteiger partial charge < -0.3 is 10.1 Å². The van der Waals surface area contributed by atoms with Crippen LogP contribution in [0.2, 0.25) is 0 Å². The van der Waals surface area contributed by atoms with E-state index in [1.54, 1.807) is 0 Å². The summed E-state index contributed by atoms with van der Waals surface area (Å²) >= 11 is 0. The maximum Gasteiger partial charge on any atom is 0.437 e. The molecule has 0 aromatic carbocycles. The number of esters is 1. The van der Waals surface area contributed by atoms with Crippen molar-refractivity contribution in [3.63, 3.8) is 0 Å². The Labute approximate surface area is 111 Å². The summed E-state index contributed by atoms with van der Waals surface area (Å²) in [6.07, 6.45) is -11.5. The van der Waals surface area contributed by atoms with E-state index < -0.39 is 48.3 Å². The van der Waals surface area contributed by atoms with Crippen LogP contribution < -0.4 is 5.32 Å². The molecular weight excluding hydrogens is 292 g/mol. The maximum absolute atomic E-state index is 13.1. The van der Waals surface area contributed by atoms with Gasteiger partial charge in [0, 0.05) is 19.0 Å². The second-order valence-electron chi connectivity index (χ2n) is 5.73. The first kappa shape index (κ1) is 17.1. The van der Waals surface area contributed by atoms with Gasteiger partial charge in [-0.2, -0.15) is 26.3 Å². The van der Waals surface area contributed by atoms with Crippen molar-refractivity contribution in [1.82, 2.24) is 5.32 Å². The molecule has 1 aliphatic heterocycles. The Morgan fingerprint density at radius 1 is 1.00 bits per heavy atom. The number of carbonyl (C=O) groups is 1. The maximum atomic E-state index is 13.1. The molecule has 1 rings (SSSR count). The summed E-state index contributed by atoms with van der Waals surface area (Å²) < 4.78 is 82.4. The fourth-order valence-electron chi connectivity index (χ4n) is 1.70. The molecule has 1 fully saturated rings. The number of nitrogens with one attached hydrogen (secondary N) is 1. The van der Waals surface area contributed by atoms with Crippen LogP contribution in [-0.4, -0.2) is 37.0 Å². The summed E-state index contributed by atoms with van der Waals surface area (Å²) in [4.78, 5) is 11.6. The van der Waals surface area contributed by atoms with E-state index in [4.69, 9.17) is 0 Å². The van der Waals surface area contributed by atoms with Crippen molar-refractivity contribution in [2.45, 2.75) is 38.7 Å². The zero-order valence-electron chi connectivity index (χ0n) is 11.1. The predicted octanol–water partition coefficient (Wildman–Crippen LogP) is 2.66. The highest BCUT2D eigenvalue weighted by atomic mass is 19.4. The molecule has 0 aliphatic carbocycles. The average molecular weight is 307 g/mol. The molecule has 0 unspecified atom stereocenters. The van der Waals surface area contributed by atoms with Crippen LogP contribution in [0.4, 0.5) is 26.3 Å². The van der Waals surface area contributed by atoms with Gasteiger partial charge in [0.1, 0.15) is 0 Å². The molecule has 1 heterocycles. The minimum Gasteiger partial charge on any atom is -0.439 e. The van der Waals surface area contributed by atoms with Gasteiger partial charge in [-0.1, -0.05) is 0 Å². The van der Waals surface area contributed by atoms with Crippen LogP contribution in [0.15, 0.2) is 0 Å². The number of hydrogen-bond donors (Lipinski definition) is 1. The monoisotopic (exact) mass is 307 g/mol. The minimum absolute atomic E-state index is 0.517. The van der Waals surface area contributed by atoms with Crippen LogP contribution in [0.5, 0.6) is 0 Å². The van der Waals surface area contributed by atoms with E-state index >= 15 is 0 Å². The normalized spacial score (nSPS) is 18.6. The molecule has 1 N–H and O–H groups in total. The van der Waals surface area contributed by atoms with Crippen LogP contribution in [0, 0.1) is 11.3 Å². The highest BCUT2D eigenvalue weighted by molar-refractivity contribution is 5.76. The molecule has 0 spiro atoms. The fourth-order valence-corrected chi connectivity index (χ4v) is 1.70. The Bertz CT molecular complexity index is 364. The van der Waals surface area contributed by atoms with E-state index in [9.17, 15) is 31.1 Å². The van der Waals surface area contributed by atoms with Gasteiger partial charge in [0.15, 0.2) is 0 Å². The standard InChI is InChI=1S/C11H15F6NO2/c1-8(2,3)7(19)20-9(10(12,13)14,11(15,16)17)6-4-18-5-6/h6,18H,4-5H2,1-3H3. The third-order valence-corrected chi connectivity index (χ3v) is 3.06. The van der Waals surface area contributed by atoms with E-state index in [0.717, 1.165) is 0 Å². The molecule has 118 valence electrons. The second kappa shape index (κ2) is 4.78. The van der Waals surface area contributed by atoms with Crippen LogP contribution in [0.25, 0.3) is 0 Å². The Morgan fingerprint density at radius 2 is 1.40 bits per heavy atom. The van der Waals surface area contributed by atoms with E-state index in [1.807, 2.05) is 0 Å². The summed E-state index contributed by atoms with van der Waals surface area (Å²) in [5.74, 6) is -3.42. The van der Waals surface area contributed by atoms with Crippen molar-refractivity contribution < 1.29 is 35.9 Å². The quantitative estimate of drug-likeness (QED) is 0.629. The predicted molar refractivity (Wildman–Crippen MR) is 56.7 cm³/mol. The molecule has 0 aromatic heterocycles. The van der Waals surface area contributed by atoms with Crippen molar-refractivity contribution in [2.75, 3.05) is 13.1 Å². The lowest BCUT2D eigenvalue weighted by Gasteiger charge is -2.46. The van der Waals surface area contributed by atoms with Crippen molar-refractivity contribution >= 4 is 5.97 Å². The lowest BCUT2D eigenvalue weighted by molar-refractivity contribution is -0.390. The summed E-state index contributed by atoms with van der Waals surface area (Å²) in [7, 11) is 0. The number of rotatable bonds is 2. The molecule has 0 bridgehead atoms. The Kier molecular flexibility index (Phi) is 4.08. The first-order valence-corrected chi connectivity index (χ1v) is 5.81. The Balaban J connectivity index is 3.28. The molecular formula is C11H15F6NO2. The number of hydrogen-bond acceptors (Lipinski definition) is 3. The third-order valence-electron chi connectivity index (χ3n) is 3.06. The van der Waals surface area contributed by atoms with E-state index in [2.05, 4.69) is 10.1 Å². The van der Waals surface area contributed by atoms with Gasteiger partial charge in [-0.3, -0.25) is 4.79 Å². The van der Waals surface area contributed by atoms with Gasteiger partial charge in [0.25, 0.3) is 0 Å². The summed E-state index contributed by atoms with van der Waals surface area (Å²) in [5.41, 5.74) is -5.94. The molecule has 20 heavy (non-hydrogen) atoms. The largest absolute Gasteiger partial charge is 0.439 e. The molecule has 0 saturated carbocycles. The van der Waals surface area contributed by atoms with Gasteiger partial charge in [-0.25, -0.2) is 0 Å². The van der Waals surface area contributed by atoms with Crippen molar-refractivity contribution in [3.05, 3.63) is 0 Å². The van der Waals surface area contributed by atoms with E-state index in [-0.39, 0.29) is 0 Å². The van der Waals surface area contributed by atoms with Gasteiger partial charge in [0.2, 0.25) is 0 Å². The highest BCUT2D eigenvalue weighted by Crippen LogP contribution is 2.52. The third kappa shape index (κ3) is 2.72. The molecule has 0 aromatic rings. The van der Waals surface area contributed by atoms with Gasteiger partial charge in [0.05, 0.1) is 5.41 Å². The van der Waals surface area contributed by atoms with Crippen molar-refractivity contribution in [3.8, 4) is 0 Å². The Morgan fingerprint density at radius 3 is 1.60 bits per heavy atom. The Hall–Kier alpha value is -0.990. The average Bonchev–Trinajstić information content (AvgIpc) is 2.07. The zero-order valence-corrected chi connectivity index (χ0v) is 11.1. The highest BCUT2D eigenvalue weighted by Gasteiger charge is 2.78. The van der Waals surface area contributed by atoms with Gasteiger partial charge >= 0.3 is 23.9 Å². The molecule has 0 amide bonds. The second-order valence-corrected chi connectivity index (χ2v) is 5.73. The smallest absolute Gasteiger partial charge is 0.437 e. The van der Waals surface area contributed by atoms with Crippen LogP contribution in [0.1, 0.15) is 20.8 Å². The van der Waals surface area contributed by atoms with E-state index in [1.165, 1.54) is 20.8 Å². The minimum atomic E-state index is -5.74. The van der Waals surface area contributed by atoms with Gasteiger partial charge in [-0.15, -0.1) is 0 Å². The molecule has 0 atom stereocenters. The lowest BCUT2D eigenvalue weighted by Crippen LogP contribution is -2.71. The lowest BCUT2D eigenvalue weighted by atomic mass is 9.80.